The molecule has 0 unspecified atom stereocenters. The summed E-state index contributed by atoms with van der Waals surface area (Å²) in [6.45, 7) is 2.93. The highest BCUT2D eigenvalue weighted by molar-refractivity contribution is 6.30. The summed E-state index contributed by atoms with van der Waals surface area (Å²) in [5, 5.41) is 14.4. The lowest BCUT2D eigenvalue weighted by atomic mass is 10.3. The van der Waals surface area contributed by atoms with Crippen molar-refractivity contribution in [1.29, 1.82) is 0 Å². The number of benzene rings is 1. The second kappa shape index (κ2) is 6.90. The molecule has 0 amide bonds. The Bertz CT molecular complexity index is 649. The minimum atomic E-state index is -0.524. The van der Waals surface area contributed by atoms with E-state index in [-0.39, 0.29) is 18.0 Å². The normalized spacial score (nSPS) is 10.2. The minimum Gasteiger partial charge on any atom is -0.480 e. The summed E-state index contributed by atoms with van der Waals surface area (Å²) in [5.41, 5.74) is 1.44. The monoisotopic (exact) mass is 307 g/mol. The van der Waals surface area contributed by atoms with Crippen molar-refractivity contribution in [3.63, 3.8) is 0 Å². The van der Waals surface area contributed by atoms with Gasteiger partial charge in [0, 0.05) is 29.5 Å². The number of aromatic nitrogens is 1. The molecule has 2 aromatic rings. The summed E-state index contributed by atoms with van der Waals surface area (Å²) < 4.78 is 5.48. The quantitative estimate of drug-likeness (QED) is 0.651. The predicted octanol–water partition coefficient (Wildman–Crippen LogP) is 3.65. The van der Waals surface area contributed by atoms with Gasteiger partial charge in [0.25, 0.3) is 0 Å². The van der Waals surface area contributed by atoms with E-state index in [0.717, 1.165) is 12.2 Å². The zero-order valence-electron chi connectivity index (χ0n) is 11.4. The number of rotatable bonds is 6. The number of nitrogens with one attached hydrogen (secondary N) is 1. The Morgan fingerprint density at radius 1 is 1.38 bits per heavy atom. The van der Waals surface area contributed by atoms with Gasteiger partial charge in [-0.2, -0.15) is 0 Å². The van der Waals surface area contributed by atoms with E-state index in [2.05, 4.69) is 10.3 Å². The number of anilines is 1. The van der Waals surface area contributed by atoms with Crippen molar-refractivity contribution in [1.82, 2.24) is 4.98 Å². The number of hydrogen-bond acceptors (Lipinski definition) is 5. The van der Waals surface area contributed by atoms with Crippen molar-refractivity contribution in [3.8, 4) is 5.75 Å². The molecule has 7 heteroatoms. The van der Waals surface area contributed by atoms with E-state index in [1.54, 1.807) is 12.3 Å². The fourth-order valence-electron chi connectivity index (χ4n) is 1.78. The molecule has 0 saturated heterocycles. The molecule has 6 nitrogen and oxygen atoms in total. The summed E-state index contributed by atoms with van der Waals surface area (Å²) in [4.78, 5) is 14.6. The summed E-state index contributed by atoms with van der Waals surface area (Å²) in [7, 11) is 0. The third-order valence-corrected chi connectivity index (χ3v) is 2.93. The van der Waals surface area contributed by atoms with Crippen molar-refractivity contribution in [2.75, 3.05) is 11.9 Å². The first-order valence-corrected chi connectivity index (χ1v) is 6.73. The molecule has 1 heterocycles. The van der Waals surface area contributed by atoms with Crippen LogP contribution in [0.1, 0.15) is 12.6 Å². The third-order valence-electron chi connectivity index (χ3n) is 2.69. The van der Waals surface area contributed by atoms with Crippen LogP contribution in [-0.4, -0.2) is 16.5 Å². The summed E-state index contributed by atoms with van der Waals surface area (Å²) in [5.74, 6) is 0.167. The second-order valence-electron chi connectivity index (χ2n) is 4.22. The van der Waals surface area contributed by atoms with E-state index < -0.39 is 4.92 Å². The Kier molecular flexibility index (Phi) is 4.94. The van der Waals surface area contributed by atoms with Gasteiger partial charge < -0.3 is 10.1 Å². The molecule has 1 aromatic heterocycles. The van der Waals surface area contributed by atoms with Crippen molar-refractivity contribution >= 4 is 23.0 Å². The molecule has 110 valence electrons. The largest absolute Gasteiger partial charge is 0.480 e. The van der Waals surface area contributed by atoms with Gasteiger partial charge in [-0.05, 0) is 31.2 Å². The van der Waals surface area contributed by atoms with Gasteiger partial charge in [0.2, 0.25) is 0 Å². The maximum atomic E-state index is 11.0. The van der Waals surface area contributed by atoms with Crippen molar-refractivity contribution < 1.29 is 9.66 Å². The average Bonchev–Trinajstić information content (AvgIpc) is 2.46. The zero-order valence-corrected chi connectivity index (χ0v) is 12.1. The molecule has 0 aliphatic rings. The highest BCUT2D eigenvalue weighted by atomic mass is 35.5. The molecule has 0 spiro atoms. The van der Waals surface area contributed by atoms with E-state index >= 15 is 0 Å². The average molecular weight is 308 g/mol. The standard InChI is InChI=1S/C14H14ClN3O3/c1-2-16-11-5-6-17-12(8-11)9-21-14-4-3-10(15)7-13(14)18(19)20/h3-8H,2,9H2,1H3,(H,16,17). The molecule has 0 saturated carbocycles. The maximum absolute atomic E-state index is 11.0. The van der Waals surface area contributed by atoms with Crippen LogP contribution in [0.5, 0.6) is 5.75 Å². The summed E-state index contributed by atoms with van der Waals surface area (Å²) in [6, 6.07) is 7.98. The fraction of sp³-hybridized carbons (Fsp3) is 0.214. The third kappa shape index (κ3) is 4.06. The van der Waals surface area contributed by atoms with E-state index in [4.69, 9.17) is 16.3 Å². The molecule has 2 rings (SSSR count). The first-order chi connectivity index (χ1) is 10.1. The lowest BCUT2D eigenvalue weighted by Gasteiger charge is -2.08. The van der Waals surface area contributed by atoms with Crippen LogP contribution < -0.4 is 10.1 Å². The second-order valence-corrected chi connectivity index (χ2v) is 4.66. The van der Waals surface area contributed by atoms with E-state index in [9.17, 15) is 10.1 Å². The van der Waals surface area contributed by atoms with Gasteiger partial charge >= 0.3 is 5.69 Å². The van der Waals surface area contributed by atoms with Crippen LogP contribution in [0.3, 0.4) is 0 Å². The Labute approximate surface area is 126 Å². The van der Waals surface area contributed by atoms with Crippen LogP contribution in [0.2, 0.25) is 5.02 Å². The van der Waals surface area contributed by atoms with Gasteiger partial charge in [-0.25, -0.2) is 0 Å². The lowest BCUT2D eigenvalue weighted by Crippen LogP contribution is -2.03. The molecule has 0 fully saturated rings. The van der Waals surface area contributed by atoms with Gasteiger partial charge in [0.15, 0.2) is 5.75 Å². The Hall–Kier alpha value is -2.34. The molecule has 0 radical (unpaired) electrons. The number of hydrogen-bond donors (Lipinski definition) is 1. The first kappa shape index (κ1) is 15.1. The Morgan fingerprint density at radius 3 is 2.90 bits per heavy atom. The molecule has 0 bridgehead atoms. The summed E-state index contributed by atoms with van der Waals surface area (Å²) in [6.07, 6.45) is 1.66. The van der Waals surface area contributed by atoms with E-state index in [1.807, 2.05) is 19.1 Å². The number of nitrogens with zero attached hydrogens (tertiary/aromatic N) is 2. The number of ether oxygens (including phenoxy) is 1. The van der Waals surface area contributed by atoms with Crippen LogP contribution in [0.4, 0.5) is 11.4 Å². The molecule has 1 aromatic carbocycles. The molecule has 1 N–H and O–H groups in total. The van der Waals surface area contributed by atoms with Crippen molar-refractivity contribution in [2.24, 2.45) is 0 Å². The molecule has 21 heavy (non-hydrogen) atoms. The summed E-state index contributed by atoms with van der Waals surface area (Å²) >= 11 is 5.75. The van der Waals surface area contributed by atoms with Crippen LogP contribution >= 0.6 is 11.6 Å². The first-order valence-electron chi connectivity index (χ1n) is 6.35. The van der Waals surface area contributed by atoms with Crippen molar-refractivity contribution in [2.45, 2.75) is 13.5 Å². The van der Waals surface area contributed by atoms with Gasteiger partial charge in [-0.3, -0.25) is 15.1 Å². The van der Waals surface area contributed by atoms with Crippen LogP contribution in [0.25, 0.3) is 0 Å². The number of halogens is 1. The minimum absolute atomic E-state index is 0.141. The SMILES string of the molecule is CCNc1ccnc(COc2ccc(Cl)cc2[N+](=O)[O-])c1. The molecule has 0 aliphatic carbocycles. The Morgan fingerprint density at radius 2 is 2.19 bits per heavy atom. The van der Waals surface area contributed by atoms with Gasteiger partial charge in [0.05, 0.1) is 10.6 Å². The topological polar surface area (TPSA) is 77.3 Å². The lowest BCUT2D eigenvalue weighted by molar-refractivity contribution is -0.385. The number of pyridine rings is 1. The van der Waals surface area contributed by atoms with Gasteiger partial charge in [0.1, 0.15) is 6.61 Å². The van der Waals surface area contributed by atoms with Crippen LogP contribution in [-0.2, 0) is 6.61 Å². The Balaban J connectivity index is 2.13. The maximum Gasteiger partial charge on any atom is 0.312 e. The smallest absolute Gasteiger partial charge is 0.312 e. The highest BCUT2D eigenvalue weighted by Crippen LogP contribution is 2.30. The van der Waals surface area contributed by atoms with Crippen LogP contribution in [0, 0.1) is 10.1 Å². The molecule has 0 aliphatic heterocycles. The number of nitro benzene ring substituents is 1. The van der Waals surface area contributed by atoms with E-state index in [1.165, 1.54) is 12.1 Å². The van der Waals surface area contributed by atoms with E-state index in [0.29, 0.717) is 10.7 Å². The highest BCUT2D eigenvalue weighted by Gasteiger charge is 2.15. The van der Waals surface area contributed by atoms with Crippen molar-refractivity contribution in [3.05, 3.63) is 57.4 Å². The predicted molar refractivity (Wildman–Crippen MR) is 80.8 cm³/mol. The fourth-order valence-corrected chi connectivity index (χ4v) is 1.94. The van der Waals surface area contributed by atoms with Crippen LogP contribution in [0.15, 0.2) is 36.5 Å². The molecular formula is C14H14ClN3O3. The number of nitro groups is 1. The molecule has 0 atom stereocenters. The van der Waals surface area contributed by atoms with Gasteiger partial charge in [-0.1, -0.05) is 11.6 Å². The zero-order chi connectivity index (χ0) is 15.2. The van der Waals surface area contributed by atoms with Gasteiger partial charge in [-0.15, -0.1) is 0 Å². The molecular weight excluding hydrogens is 294 g/mol.